The number of rotatable bonds is 6. The summed E-state index contributed by atoms with van der Waals surface area (Å²) < 4.78 is 17.3. The number of benzene rings is 1. The molecule has 2 rings (SSSR count). The van der Waals surface area contributed by atoms with Gasteiger partial charge >= 0.3 is 12.1 Å². The smallest absolute Gasteiger partial charge is 0.411 e. The number of carbonyl (C=O) groups is 2. The number of hydrogen-bond acceptors (Lipinski definition) is 5. The van der Waals surface area contributed by atoms with E-state index in [1.54, 1.807) is 0 Å². The van der Waals surface area contributed by atoms with Gasteiger partial charge in [-0.25, -0.2) is 9.59 Å². The number of carbonyl (C=O) groups excluding carboxylic acids is 2. The van der Waals surface area contributed by atoms with Crippen LogP contribution < -0.4 is 0 Å². The van der Waals surface area contributed by atoms with Crippen molar-refractivity contribution < 1.29 is 23.8 Å². The van der Waals surface area contributed by atoms with Gasteiger partial charge < -0.3 is 14.2 Å². The van der Waals surface area contributed by atoms with E-state index in [4.69, 9.17) is 14.2 Å². The molecule has 0 N–H and O–H groups in total. The SMILES string of the molecule is CC(C)(C)OC(=O)N1C[C@H](COC(C)(C)C(C)(C)C)C[C@H]1C(=O)OCc1ccccc1. The standard InChI is InChI=1S/C25H39NO5/c1-23(2,3)25(7,8)30-17-19-14-20(26(15-19)22(28)31-24(4,5)6)21(27)29-16-18-12-10-9-11-13-18/h9-13,19-20H,14-17H2,1-8H3/t19-,20+/m1/s1. The first-order valence-corrected chi connectivity index (χ1v) is 11.0. The maximum atomic E-state index is 12.9. The van der Waals surface area contributed by atoms with Crippen LogP contribution in [0.1, 0.15) is 67.4 Å². The van der Waals surface area contributed by atoms with E-state index in [2.05, 4.69) is 34.6 Å². The molecule has 0 aliphatic carbocycles. The van der Waals surface area contributed by atoms with Gasteiger partial charge in [-0.2, -0.15) is 0 Å². The fourth-order valence-corrected chi connectivity index (χ4v) is 3.16. The molecular weight excluding hydrogens is 394 g/mol. The molecule has 31 heavy (non-hydrogen) atoms. The fraction of sp³-hybridized carbons (Fsp3) is 0.680. The van der Waals surface area contributed by atoms with Gasteiger partial charge in [0.2, 0.25) is 0 Å². The zero-order chi connectivity index (χ0) is 23.4. The summed E-state index contributed by atoms with van der Waals surface area (Å²) in [5.74, 6) is -0.379. The molecule has 1 aromatic rings. The van der Waals surface area contributed by atoms with Gasteiger partial charge in [-0.05, 0) is 52.0 Å². The van der Waals surface area contributed by atoms with Gasteiger partial charge in [0, 0.05) is 12.5 Å². The zero-order valence-corrected chi connectivity index (χ0v) is 20.4. The summed E-state index contributed by atoms with van der Waals surface area (Å²) in [6.45, 7) is 17.0. The molecule has 0 bridgehead atoms. The molecule has 6 heteroatoms. The van der Waals surface area contributed by atoms with Crippen LogP contribution in [0.15, 0.2) is 30.3 Å². The molecule has 1 amide bonds. The zero-order valence-electron chi connectivity index (χ0n) is 20.4. The number of ether oxygens (including phenoxy) is 3. The van der Waals surface area contributed by atoms with E-state index in [1.165, 1.54) is 4.90 Å². The Hall–Kier alpha value is -2.08. The first-order chi connectivity index (χ1) is 14.2. The van der Waals surface area contributed by atoms with Crippen molar-refractivity contribution in [2.45, 2.75) is 85.7 Å². The van der Waals surface area contributed by atoms with Crippen LogP contribution in [0.5, 0.6) is 0 Å². The highest BCUT2D eigenvalue weighted by Crippen LogP contribution is 2.35. The van der Waals surface area contributed by atoms with Gasteiger partial charge in [-0.15, -0.1) is 0 Å². The molecule has 0 unspecified atom stereocenters. The Morgan fingerprint density at radius 3 is 2.16 bits per heavy atom. The molecule has 174 valence electrons. The normalized spacial score (nSPS) is 19.9. The van der Waals surface area contributed by atoms with Gasteiger partial charge in [0.25, 0.3) is 0 Å². The van der Waals surface area contributed by atoms with Crippen molar-refractivity contribution in [3.8, 4) is 0 Å². The van der Waals surface area contributed by atoms with E-state index in [0.717, 1.165) is 5.56 Å². The monoisotopic (exact) mass is 433 g/mol. The highest BCUT2D eigenvalue weighted by atomic mass is 16.6. The number of likely N-dealkylation sites (tertiary alicyclic amines) is 1. The van der Waals surface area contributed by atoms with Crippen molar-refractivity contribution in [3.05, 3.63) is 35.9 Å². The Morgan fingerprint density at radius 2 is 1.61 bits per heavy atom. The van der Waals surface area contributed by atoms with Crippen LogP contribution in [0.3, 0.4) is 0 Å². The Morgan fingerprint density at radius 1 is 1.00 bits per heavy atom. The second-order valence-corrected chi connectivity index (χ2v) is 10.9. The minimum atomic E-state index is -0.676. The molecule has 1 aliphatic rings. The van der Waals surface area contributed by atoms with Crippen molar-refractivity contribution in [2.75, 3.05) is 13.2 Å². The van der Waals surface area contributed by atoms with Crippen LogP contribution in [0.4, 0.5) is 4.79 Å². The first kappa shape index (κ1) is 25.2. The topological polar surface area (TPSA) is 65.1 Å². The summed E-state index contributed by atoms with van der Waals surface area (Å²) in [6, 6.07) is 8.84. The van der Waals surface area contributed by atoms with Crippen molar-refractivity contribution in [1.29, 1.82) is 0 Å². The van der Waals surface area contributed by atoms with Crippen molar-refractivity contribution in [2.24, 2.45) is 11.3 Å². The molecule has 1 saturated heterocycles. The van der Waals surface area contributed by atoms with Crippen molar-refractivity contribution in [1.82, 2.24) is 4.90 Å². The Kier molecular flexibility index (Phi) is 7.79. The number of nitrogens with zero attached hydrogens (tertiary/aromatic N) is 1. The lowest BCUT2D eigenvalue weighted by Crippen LogP contribution is -2.44. The third kappa shape index (κ3) is 7.23. The van der Waals surface area contributed by atoms with Gasteiger partial charge in [-0.3, -0.25) is 4.90 Å². The summed E-state index contributed by atoms with van der Waals surface area (Å²) in [5, 5.41) is 0. The molecule has 0 aromatic heterocycles. The van der Waals surface area contributed by atoms with Crippen LogP contribution in [0, 0.1) is 11.3 Å². The summed E-state index contributed by atoms with van der Waals surface area (Å²) in [6.07, 6.45) is -0.000613. The van der Waals surface area contributed by atoms with Crippen LogP contribution in [-0.2, 0) is 25.6 Å². The molecule has 1 fully saturated rings. The average Bonchev–Trinajstić information content (AvgIpc) is 3.08. The fourth-order valence-electron chi connectivity index (χ4n) is 3.16. The molecule has 1 aliphatic heterocycles. The molecule has 0 spiro atoms. The van der Waals surface area contributed by atoms with E-state index in [-0.39, 0.29) is 23.5 Å². The average molecular weight is 434 g/mol. The predicted octanol–water partition coefficient (Wildman–Crippen LogP) is 5.20. The molecule has 1 heterocycles. The van der Waals surface area contributed by atoms with Crippen LogP contribution in [0.25, 0.3) is 0 Å². The van der Waals surface area contributed by atoms with Crippen molar-refractivity contribution >= 4 is 12.1 Å². The number of hydrogen-bond donors (Lipinski definition) is 0. The van der Waals surface area contributed by atoms with Gasteiger partial charge in [0.1, 0.15) is 18.2 Å². The summed E-state index contributed by atoms with van der Waals surface area (Å²) in [7, 11) is 0. The van der Waals surface area contributed by atoms with E-state index in [1.807, 2.05) is 51.1 Å². The Balaban J connectivity index is 2.08. The van der Waals surface area contributed by atoms with Crippen LogP contribution in [0.2, 0.25) is 0 Å². The van der Waals surface area contributed by atoms with E-state index in [9.17, 15) is 9.59 Å². The maximum absolute atomic E-state index is 12.9. The van der Waals surface area contributed by atoms with Gasteiger partial charge in [0.05, 0.1) is 12.2 Å². The Bertz CT molecular complexity index is 745. The molecule has 6 nitrogen and oxygen atoms in total. The Labute approximate surface area is 187 Å². The number of esters is 1. The number of amides is 1. The molecule has 0 saturated carbocycles. The molecule has 0 radical (unpaired) electrons. The quantitative estimate of drug-likeness (QED) is 0.577. The highest BCUT2D eigenvalue weighted by molar-refractivity contribution is 5.82. The van der Waals surface area contributed by atoms with Gasteiger partial charge in [-0.1, -0.05) is 51.1 Å². The highest BCUT2D eigenvalue weighted by Gasteiger charge is 2.43. The maximum Gasteiger partial charge on any atom is 0.411 e. The minimum absolute atomic E-state index is 0.0309. The third-order valence-electron chi connectivity index (χ3n) is 6.00. The lowest BCUT2D eigenvalue weighted by atomic mass is 9.79. The van der Waals surface area contributed by atoms with E-state index >= 15 is 0 Å². The lowest BCUT2D eigenvalue weighted by molar-refractivity contribution is -0.150. The largest absolute Gasteiger partial charge is 0.459 e. The van der Waals surface area contributed by atoms with Gasteiger partial charge in [0.15, 0.2) is 0 Å². The summed E-state index contributed by atoms with van der Waals surface area (Å²) >= 11 is 0. The van der Waals surface area contributed by atoms with E-state index < -0.39 is 23.7 Å². The van der Waals surface area contributed by atoms with E-state index in [0.29, 0.717) is 19.6 Å². The molecular formula is C25H39NO5. The van der Waals surface area contributed by atoms with Crippen molar-refractivity contribution in [3.63, 3.8) is 0 Å². The molecule has 1 aromatic carbocycles. The third-order valence-corrected chi connectivity index (χ3v) is 6.00. The lowest BCUT2D eigenvalue weighted by Gasteiger charge is -2.39. The second kappa shape index (κ2) is 9.60. The predicted molar refractivity (Wildman–Crippen MR) is 121 cm³/mol. The van der Waals surface area contributed by atoms with Crippen LogP contribution >= 0.6 is 0 Å². The molecule has 2 atom stereocenters. The summed E-state index contributed by atoms with van der Waals surface area (Å²) in [5.41, 5.74) is -0.108. The minimum Gasteiger partial charge on any atom is -0.459 e. The second-order valence-electron chi connectivity index (χ2n) is 10.9. The first-order valence-electron chi connectivity index (χ1n) is 11.0. The summed E-state index contributed by atoms with van der Waals surface area (Å²) in [4.78, 5) is 27.2. The van der Waals surface area contributed by atoms with Crippen LogP contribution in [-0.4, -0.2) is 47.4 Å².